The van der Waals surface area contributed by atoms with Crippen LogP contribution in [0.1, 0.15) is 50.6 Å². The third kappa shape index (κ3) is 6.28. The summed E-state index contributed by atoms with van der Waals surface area (Å²) in [5.41, 5.74) is 12.8. The van der Waals surface area contributed by atoms with Crippen LogP contribution in [-0.4, -0.2) is 30.3 Å². The number of hydrogen-bond donors (Lipinski definition) is 0. The van der Waals surface area contributed by atoms with E-state index in [4.69, 9.17) is 33.2 Å². The molecule has 1 aromatic heterocycles. The average Bonchev–Trinajstić information content (AvgIpc) is 3.38. The summed E-state index contributed by atoms with van der Waals surface area (Å²) in [5, 5.41) is 0.972. The number of pyridine rings is 1. The molecule has 2 unspecified atom stereocenters. The summed E-state index contributed by atoms with van der Waals surface area (Å²) in [5.74, 6) is 0.844. The first-order valence-electron chi connectivity index (χ1n) is 15.1. The second-order valence-electron chi connectivity index (χ2n) is 12.1. The Hall–Kier alpha value is -3.24. The van der Waals surface area contributed by atoms with E-state index in [9.17, 15) is 0 Å². The molecule has 3 heterocycles. The minimum absolute atomic E-state index is 0. The van der Waals surface area contributed by atoms with Crippen molar-refractivity contribution in [3.05, 3.63) is 145 Å². The van der Waals surface area contributed by atoms with Crippen LogP contribution in [0.5, 0.6) is 0 Å². The third-order valence-electron chi connectivity index (χ3n) is 8.68. The summed E-state index contributed by atoms with van der Waals surface area (Å²) >= 11 is 14.2. The van der Waals surface area contributed by atoms with E-state index in [-0.39, 0.29) is 31.4 Å². The Kier molecular flexibility index (Phi) is 10.0. The van der Waals surface area contributed by atoms with Crippen LogP contribution in [0.2, 0.25) is 0 Å². The molecule has 0 amide bonds. The van der Waals surface area contributed by atoms with Crippen molar-refractivity contribution >= 4 is 40.8 Å². The van der Waals surface area contributed by atoms with Gasteiger partial charge in [0.25, 0.3) is 0 Å². The third-order valence-corrected chi connectivity index (χ3v) is 9.47. The molecule has 0 spiro atoms. The average molecular weight is 723 g/mol. The van der Waals surface area contributed by atoms with E-state index in [0.29, 0.717) is 10.1 Å². The summed E-state index contributed by atoms with van der Waals surface area (Å²) in [6, 6.07) is 25.2. The van der Waals surface area contributed by atoms with Crippen LogP contribution < -0.4 is 9.80 Å². The SMILES string of the molecule is Cc1cc(C)c(N2CCN(c3c(C)cc(C)cc3C)C2=C2C(Cl)=C(Cl)C=NC2C(c2ccccc2)c2ccccn2)c(C)c1.[Ru+2]. The molecule has 0 bridgehead atoms. The van der Waals surface area contributed by atoms with Gasteiger partial charge in [0.05, 0.1) is 27.7 Å². The molecule has 2 aliphatic heterocycles. The van der Waals surface area contributed by atoms with Gasteiger partial charge in [-0.25, -0.2) is 0 Å². The number of aromatic nitrogens is 1. The van der Waals surface area contributed by atoms with Gasteiger partial charge in [-0.1, -0.05) is 95.0 Å². The van der Waals surface area contributed by atoms with E-state index in [1.807, 2.05) is 24.4 Å². The molecule has 6 rings (SSSR count). The summed E-state index contributed by atoms with van der Waals surface area (Å²) in [7, 11) is 0. The molecule has 7 heteroatoms. The van der Waals surface area contributed by atoms with E-state index < -0.39 is 0 Å². The van der Waals surface area contributed by atoms with Gasteiger partial charge in [-0.2, -0.15) is 0 Å². The number of hydrogen-bond acceptors (Lipinski definition) is 4. The van der Waals surface area contributed by atoms with Crippen molar-refractivity contribution in [2.24, 2.45) is 4.99 Å². The number of halogens is 2. The van der Waals surface area contributed by atoms with Crippen LogP contribution in [0, 0.1) is 41.5 Å². The number of benzene rings is 3. The fraction of sp³-hybridized carbons (Fsp3) is 0.263. The van der Waals surface area contributed by atoms with E-state index in [1.165, 1.54) is 44.8 Å². The predicted molar refractivity (Wildman–Crippen MR) is 187 cm³/mol. The minimum atomic E-state index is -0.363. The summed E-state index contributed by atoms with van der Waals surface area (Å²) in [4.78, 5) is 14.9. The smallest absolute Gasteiger partial charge is 0.325 e. The molecule has 4 aromatic rings. The number of allylic oxidation sites excluding steroid dienone is 1. The molecular weight excluding hydrogens is 684 g/mol. The maximum absolute atomic E-state index is 7.37. The number of nitrogens with zero attached hydrogens (tertiary/aromatic N) is 4. The van der Waals surface area contributed by atoms with E-state index in [2.05, 4.69) is 106 Å². The molecule has 0 radical (unpaired) electrons. The Morgan fingerprint density at radius 2 is 1.22 bits per heavy atom. The Morgan fingerprint density at radius 1 is 0.711 bits per heavy atom. The van der Waals surface area contributed by atoms with E-state index in [1.54, 1.807) is 6.21 Å². The first kappa shape index (κ1) is 33.1. The van der Waals surface area contributed by atoms with Crippen LogP contribution in [0.4, 0.5) is 11.4 Å². The second kappa shape index (κ2) is 13.6. The topological polar surface area (TPSA) is 31.7 Å². The molecule has 2 aliphatic rings. The quantitative estimate of drug-likeness (QED) is 0.193. The number of aliphatic imine (C=N–C) groups is 1. The van der Waals surface area contributed by atoms with Crippen molar-refractivity contribution in [2.45, 2.75) is 53.5 Å². The maximum atomic E-state index is 7.37. The molecule has 1 fully saturated rings. The van der Waals surface area contributed by atoms with Gasteiger partial charge in [-0.3, -0.25) is 9.98 Å². The van der Waals surface area contributed by atoms with Gasteiger partial charge in [0.1, 0.15) is 5.82 Å². The first-order valence-corrected chi connectivity index (χ1v) is 15.9. The molecule has 230 valence electrons. The van der Waals surface area contributed by atoms with Gasteiger partial charge in [0.15, 0.2) is 0 Å². The molecule has 3 aromatic carbocycles. The fourth-order valence-electron chi connectivity index (χ4n) is 7.23. The van der Waals surface area contributed by atoms with Crippen LogP contribution in [0.15, 0.2) is 105 Å². The molecular formula is C38H38Cl2N4Ru+2. The summed E-state index contributed by atoms with van der Waals surface area (Å²) in [6.45, 7) is 14.7. The normalized spacial score (nSPS) is 17.2. The Labute approximate surface area is 290 Å². The molecule has 4 nitrogen and oxygen atoms in total. The van der Waals surface area contributed by atoms with Gasteiger partial charge < -0.3 is 9.80 Å². The Bertz CT molecular complexity index is 1660. The fourth-order valence-corrected chi connectivity index (χ4v) is 7.64. The number of anilines is 2. The summed E-state index contributed by atoms with van der Waals surface area (Å²) in [6.07, 6.45) is 3.56. The molecule has 0 N–H and O–H groups in total. The summed E-state index contributed by atoms with van der Waals surface area (Å²) < 4.78 is 0. The van der Waals surface area contributed by atoms with E-state index >= 15 is 0 Å². The number of aryl methyl sites for hydroxylation is 6. The van der Waals surface area contributed by atoms with Crippen LogP contribution in [0.25, 0.3) is 0 Å². The van der Waals surface area contributed by atoms with Crippen molar-refractivity contribution in [3.8, 4) is 0 Å². The van der Waals surface area contributed by atoms with Crippen LogP contribution in [0.3, 0.4) is 0 Å². The molecule has 1 saturated heterocycles. The Balaban J connectivity index is 0.00000400. The zero-order chi connectivity index (χ0) is 31.1. The predicted octanol–water partition coefficient (Wildman–Crippen LogP) is 9.44. The molecule has 0 saturated carbocycles. The molecule has 45 heavy (non-hydrogen) atoms. The first-order chi connectivity index (χ1) is 21.2. The van der Waals surface area contributed by atoms with Crippen molar-refractivity contribution in [2.75, 3.05) is 22.9 Å². The minimum Gasteiger partial charge on any atom is -0.325 e. The Morgan fingerprint density at radius 3 is 1.71 bits per heavy atom. The largest absolute Gasteiger partial charge is 2.00 e. The van der Waals surface area contributed by atoms with Crippen molar-refractivity contribution in [1.82, 2.24) is 4.98 Å². The zero-order valence-corrected chi connectivity index (χ0v) is 29.8. The maximum Gasteiger partial charge on any atom is 2.00 e. The number of dihydropyridines is 1. The van der Waals surface area contributed by atoms with Gasteiger partial charge in [-0.05, 0) is 81.5 Å². The van der Waals surface area contributed by atoms with Gasteiger partial charge in [0.2, 0.25) is 0 Å². The van der Waals surface area contributed by atoms with Crippen molar-refractivity contribution in [3.63, 3.8) is 0 Å². The van der Waals surface area contributed by atoms with Gasteiger partial charge >= 0.3 is 19.5 Å². The van der Waals surface area contributed by atoms with Gasteiger partial charge in [-0.15, -0.1) is 0 Å². The number of rotatable bonds is 5. The monoisotopic (exact) mass is 722 g/mol. The molecule has 0 aliphatic carbocycles. The van der Waals surface area contributed by atoms with Crippen molar-refractivity contribution < 1.29 is 19.5 Å². The molecule has 2 atom stereocenters. The second-order valence-corrected chi connectivity index (χ2v) is 12.8. The van der Waals surface area contributed by atoms with Crippen LogP contribution >= 0.6 is 23.2 Å². The van der Waals surface area contributed by atoms with Crippen LogP contribution in [-0.2, 0) is 19.5 Å². The van der Waals surface area contributed by atoms with Gasteiger partial charge in [0, 0.05) is 42.4 Å². The van der Waals surface area contributed by atoms with Crippen molar-refractivity contribution in [1.29, 1.82) is 0 Å². The van der Waals surface area contributed by atoms with E-state index in [0.717, 1.165) is 35.7 Å². The standard InChI is InChI=1S/C38H38Cl2N4.Ru/c1-23-18-25(3)36(26(4)19-23)43-16-17-44(37-27(5)20-24(2)21-28(37)6)38(43)33-34(40)30(39)22-42-35(33)32(29-12-8-7-9-13-29)31-14-10-11-15-41-31;/h7-15,18-22,32,35H,16-17H2,1-6H3;/q;+2. The zero-order valence-electron chi connectivity index (χ0n) is 26.6.